The third-order valence-electron chi connectivity index (χ3n) is 5.95. The number of allylic oxidation sites excluding steroid dienone is 1. The Labute approximate surface area is 185 Å². The quantitative estimate of drug-likeness (QED) is 0.134. The lowest BCUT2D eigenvalue weighted by molar-refractivity contribution is -0.152. The number of ether oxygens (including phenoxy) is 2. The van der Waals surface area contributed by atoms with Crippen LogP contribution in [-0.4, -0.2) is 25.2 Å². The van der Waals surface area contributed by atoms with E-state index in [1.807, 2.05) is 12.2 Å². The van der Waals surface area contributed by atoms with E-state index in [9.17, 15) is 9.59 Å². The Morgan fingerprint density at radius 2 is 1.17 bits per heavy atom. The Morgan fingerprint density at radius 1 is 0.700 bits per heavy atom. The van der Waals surface area contributed by atoms with Crippen molar-refractivity contribution < 1.29 is 19.1 Å². The van der Waals surface area contributed by atoms with Gasteiger partial charge in [-0.25, -0.2) is 0 Å². The average Bonchev–Trinajstić information content (AvgIpc) is 2.77. The van der Waals surface area contributed by atoms with Crippen LogP contribution in [0.1, 0.15) is 117 Å². The number of hydrogen-bond donors (Lipinski definition) is 0. The van der Waals surface area contributed by atoms with Gasteiger partial charge >= 0.3 is 11.9 Å². The number of esters is 2. The number of unbranched alkanes of at least 4 members (excludes halogenated alkanes) is 12. The Balaban J connectivity index is 2.11. The molecule has 1 rings (SSSR count). The fraction of sp³-hybridized carbons (Fsp3) is 0.846. The molecule has 0 radical (unpaired) electrons. The van der Waals surface area contributed by atoms with Crippen molar-refractivity contribution in [1.82, 2.24) is 0 Å². The summed E-state index contributed by atoms with van der Waals surface area (Å²) in [5.41, 5.74) is 0. The molecule has 1 aliphatic rings. The SMILES string of the molecule is CCCCCCCCCOC(=O)C1C=CCC(C(=O)OCCCCCCCCC)C1. The van der Waals surface area contributed by atoms with Crippen LogP contribution in [0, 0.1) is 11.8 Å². The molecule has 0 saturated carbocycles. The van der Waals surface area contributed by atoms with Gasteiger partial charge in [-0.15, -0.1) is 0 Å². The van der Waals surface area contributed by atoms with E-state index in [-0.39, 0.29) is 23.8 Å². The van der Waals surface area contributed by atoms with Gasteiger partial charge in [0.05, 0.1) is 25.0 Å². The first-order valence-corrected chi connectivity index (χ1v) is 12.7. The van der Waals surface area contributed by atoms with E-state index < -0.39 is 0 Å². The summed E-state index contributed by atoms with van der Waals surface area (Å²) in [6, 6.07) is 0. The van der Waals surface area contributed by atoms with E-state index in [0.29, 0.717) is 26.1 Å². The van der Waals surface area contributed by atoms with Crippen molar-refractivity contribution >= 4 is 11.9 Å². The molecular formula is C26H46O4. The lowest BCUT2D eigenvalue weighted by atomic mass is 9.86. The van der Waals surface area contributed by atoms with Crippen molar-refractivity contribution in [2.24, 2.45) is 11.8 Å². The third-order valence-corrected chi connectivity index (χ3v) is 5.95. The Hall–Kier alpha value is -1.32. The minimum absolute atomic E-state index is 0.157. The zero-order chi connectivity index (χ0) is 21.9. The summed E-state index contributed by atoms with van der Waals surface area (Å²) >= 11 is 0. The van der Waals surface area contributed by atoms with E-state index in [0.717, 1.165) is 25.7 Å². The maximum absolute atomic E-state index is 12.3. The van der Waals surface area contributed by atoms with Gasteiger partial charge in [0.1, 0.15) is 0 Å². The largest absolute Gasteiger partial charge is 0.465 e. The molecule has 0 spiro atoms. The summed E-state index contributed by atoms with van der Waals surface area (Å²) in [5, 5.41) is 0. The first-order valence-electron chi connectivity index (χ1n) is 12.7. The fourth-order valence-electron chi connectivity index (χ4n) is 3.94. The number of carbonyl (C=O) groups is 2. The third kappa shape index (κ3) is 13.1. The van der Waals surface area contributed by atoms with Crippen LogP contribution in [0.2, 0.25) is 0 Å². The molecule has 0 saturated heterocycles. The molecule has 0 heterocycles. The predicted molar refractivity (Wildman–Crippen MR) is 123 cm³/mol. The second-order valence-electron chi connectivity index (χ2n) is 8.78. The van der Waals surface area contributed by atoms with Crippen LogP contribution in [0.15, 0.2) is 12.2 Å². The minimum Gasteiger partial charge on any atom is -0.465 e. The highest BCUT2D eigenvalue weighted by Gasteiger charge is 2.29. The van der Waals surface area contributed by atoms with Crippen LogP contribution in [0.25, 0.3) is 0 Å². The van der Waals surface area contributed by atoms with Crippen molar-refractivity contribution in [2.75, 3.05) is 13.2 Å². The molecule has 0 aromatic rings. The Morgan fingerprint density at radius 3 is 1.70 bits per heavy atom. The second kappa shape index (κ2) is 18.4. The molecule has 0 aromatic carbocycles. The second-order valence-corrected chi connectivity index (χ2v) is 8.78. The van der Waals surface area contributed by atoms with Crippen LogP contribution < -0.4 is 0 Å². The van der Waals surface area contributed by atoms with Gasteiger partial charge in [0, 0.05) is 0 Å². The molecule has 0 bridgehead atoms. The molecule has 30 heavy (non-hydrogen) atoms. The fourth-order valence-corrected chi connectivity index (χ4v) is 3.94. The zero-order valence-corrected chi connectivity index (χ0v) is 19.7. The number of carbonyl (C=O) groups excluding carboxylic acids is 2. The van der Waals surface area contributed by atoms with Gasteiger partial charge in [0.15, 0.2) is 0 Å². The maximum atomic E-state index is 12.3. The predicted octanol–water partition coefficient (Wildman–Crippen LogP) is 7.16. The molecule has 174 valence electrons. The molecule has 2 atom stereocenters. The van der Waals surface area contributed by atoms with Crippen molar-refractivity contribution in [3.05, 3.63) is 12.2 Å². The minimum atomic E-state index is -0.306. The van der Waals surface area contributed by atoms with Crippen molar-refractivity contribution in [1.29, 1.82) is 0 Å². The lowest BCUT2D eigenvalue weighted by Gasteiger charge is -2.22. The molecule has 0 fully saturated rings. The average molecular weight is 423 g/mol. The summed E-state index contributed by atoms with van der Waals surface area (Å²) in [6.45, 7) is 5.44. The van der Waals surface area contributed by atoms with E-state index in [2.05, 4.69) is 13.8 Å². The molecule has 0 N–H and O–H groups in total. The van der Waals surface area contributed by atoms with E-state index in [4.69, 9.17) is 9.47 Å². The molecule has 0 aliphatic heterocycles. The van der Waals surface area contributed by atoms with Crippen molar-refractivity contribution in [2.45, 2.75) is 117 Å². The summed E-state index contributed by atoms with van der Waals surface area (Å²) in [4.78, 5) is 24.7. The summed E-state index contributed by atoms with van der Waals surface area (Å²) in [7, 11) is 0. The normalized spacial score (nSPS) is 18.3. The molecular weight excluding hydrogens is 376 g/mol. The highest BCUT2D eigenvalue weighted by atomic mass is 16.5. The highest BCUT2D eigenvalue weighted by molar-refractivity contribution is 5.78. The van der Waals surface area contributed by atoms with Crippen LogP contribution in [0.3, 0.4) is 0 Å². The molecule has 0 amide bonds. The molecule has 1 aliphatic carbocycles. The molecule has 4 nitrogen and oxygen atoms in total. The van der Waals surface area contributed by atoms with Crippen molar-refractivity contribution in [3.8, 4) is 0 Å². The number of rotatable bonds is 18. The monoisotopic (exact) mass is 422 g/mol. The standard InChI is InChI=1S/C26H46O4/c1-3-5-7-9-11-13-15-20-29-25(27)23-18-17-19-24(22-23)26(28)30-21-16-14-12-10-8-6-4-2/h17-18,23-24H,3-16,19-22H2,1-2H3. The highest BCUT2D eigenvalue weighted by Crippen LogP contribution is 2.26. The van der Waals surface area contributed by atoms with Gasteiger partial charge in [-0.3, -0.25) is 9.59 Å². The molecule has 4 heteroatoms. The van der Waals surface area contributed by atoms with Gasteiger partial charge in [0.2, 0.25) is 0 Å². The molecule has 0 aromatic heterocycles. The summed E-state index contributed by atoms with van der Waals surface area (Å²) in [5.74, 6) is -0.868. The first kappa shape index (κ1) is 26.7. The first-order chi connectivity index (χ1) is 14.7. The van der Waals surface area contributed by atoms with Crippen LogP contribution in [0.4, 0.5) is 0 Å². The van der Waals surface area contributed by atoms with E-state index >= 15 is 0 Å². The number of hydrogen-bond acceptors (Lipinski definition) is 4. The van der Waals surface area contributed by atoms with E-state index in [1.54, 1.807) is 0 Å². The van der Waals surface area contributed by atoms with Crippen LogP contribution in [-0.2, 0) is 19.1 Å². The summed E-state index contributed by atoms with van der Waals surface area (Å²) < 4.78 is 10.9. The van der Waals surface area contributed by atoms with Gasteiger partial charge in [0.25, 0.3) is 0 Å². The lowest BCUT2D eigenvalue weighted by Crippen LogP contribution is -2.27. The van der Waals surface area contributed by atoms with Gasteiger partial charge in [-0.2, -0.15) is 0 Å². The molecule has 2 unspecified atom stereocenters. The topological polar surface area (TPSA) is 52.6 Å². The van der Waals surface area contributed by atoms with Gasteiger partial charge < -0.3 is 9.47 Å². The van der Waals surface area contributed by atoms with Crippen molar-refractivity contribution in [3.63, 3.8) is 0 Å². The Bertz CT molecular complexity index is 472. The van der Waals surface area contributed by atoms with Crippen LogP contribution >= 0.6 is 0 Å². The van der Waals surface area contributed by atoms with E-state index in [1.165, 1.54) is 64.2 Å². The summed E-state index contributed by atoms with van der Waals surface area (Å²) in [6.07, 6.45) is 21.9. The Kier molecular flexibility index (Phi) is 16.4. The van der Waals surface area contributed by atoms with Gasteiger partial charge in [-0.05, 0) is 25.7 Å². The maximum Gasteiger partial charge on any atom is 0.312 e. The smallest absolute Gasteiger partial charge is 0.312 e. The van der Waals surface area contributed by atoms with Gasteiger partial charge in [-0.1, -0.05) is 103 Å². The van der Waals surface area contributed by atoms with Crippen LogP contribution in [0.5, 0.6) is 0 Å². The zero-order valence-electron chi connectivity index (χ0n) is 19.7.